The summed E-state index contributed by atoms with van der Waals surface area (Å²) in [5.74, 6) is 0.635. The third-order valence-corrected chi connectivity index (χ3v) is 4.11. The molecule has 0 radical (unpaired) electrons. The summed E-state index contributed by atoms with van der Waals surface area (Å²) >= 11 is 0. The Hall–Kier alpha value is -1.94. The van der Waals surface area contributed by atoms with Gasteiger partial charge in [0.25, 0.3) is 0 Å². The van der Waals surface area contributed by atoms with Crippen LogP contribution in [-0.4, -0.2) is 42.6 Å². The Balaban J connectivity index is 1.73. The Morgan fingerprint density at radius 1 is 1.33 bits per heavy atom. The highest BCUT2D eigenvalue weighted by Gasteiger charge is 2.29. The second-order valence-corrected chi connectivity index (χ2v) is 5.59. The highest BCUT2D eigenvalue weighted by molar-refractivity contribution is 5.82. The molecule has 1 aliphatic heterocycles. The Kier molecular flexibility index (Phi) is 4.15. The van der Waals surface area contributed by atoms with E-state index in [0.29, 0.717) is 25.5 Å². The van der Waals surface area contributed by atoms with Gasteiger partial charge in [-0.05, 0) is 30.0 Å². The van der Waals surface area contributed by atoms with Gasteiger partial charge in [-0.3, -0.25) is 9.78 Å². The van der Waals surface area contributed by atoms with E-state index in [2.05, 4.69) is 17.1 Å². The molecule has 3 rings (SSSR count). The Labute approximate surface area is 124 Å². The molecule has 21 heavy (non-hydrogen) atoms. The summed E-state index contributed by atoms with van der Waals surface area (Å²) in [6.45, 7) is 2.14. The van der Waals surface area contributed by atoms with Crippen LogP contribution in [0, 0.1) is 5.92 Å². The topological polar surface area (TPSA) is 42.4 Å². The Morgan fingerprint density at radius 2 is 2.19 bits per heavy atom. The fourth-order valence-corrected chi connectivity index (χ4v) is 3.05. The van der Waals surface area contributed by atoms with Crippen LogP contribution in [0.15, 0.2) is 36.5 Å². The van der Waals surface area contributed by atoms with Crippen molar-refractivity contribution in [3.05, 3.63) is 42.1 Å². The first kappa shape index (κ1) is 14.0. The largest absolute Gasteiger partial charge is 0.383 e. The average Bonchev–Trinajstić information content (AvgIpc) is 2.85. The van der Waals surface area contributed by atoms with E-state index in [1.54, 1.807) is 7.11 Å². The van der Waals surface area contributed by atoms with Crippen molar-refractivity contribution in [3.8, 4) is 0 Å². The lowest BCUT2D eigenvalue weighted by molar-refractivity contribution is -0.128. The number of para-hydroxylation sites is 1. The van der Waals surface area contributed by atoms with Crippen LogP contribution in [0.3, 0.4) is 0 Å². The number of carbonyl (C=O) groups is 1. The second-order valence-electron chi connectivity index (χ2n) is 5.59. The molecule has 110 valence electrons. The average molecular weight is 284 g/mol. The van der Waals surface area contributed by atoms with E-state index >= 15 is 0 Å². The molecule has 1 amide bonds. The zero-order chi connectivity index (χ0) is 14.7. The summed E-state index contributed by atoms with van der Waals surface area (Å²) in [6, 6.07) is 10.3. The van der Waals surface area contributed by atoms with Crippen molar-refractivity contribution in [2.75, 3.05) is 26.8 Å². The van der Waals surface area contributed by atoms with Crippen molar-refractivity contribution in [1.82, 2.24) is 9.88 Å². The number of amides is 1. The molecule has 0 unspecified atom stereocenters. The molecule has 1 fully saturated rings. The van der Waals surface area contributed by atoms with Gasteiger partial charge in [0.15, 0.2) is 0 Å². The molecule has 4 heteroatoms. The van der Waals surface area contributed by atoms with Crippen LogP contribution < -0.4 is 0 Å². The maximum Gasteiger partial charge on any atom is 0.223 e. The molecule has 0 spiro atoms. The van der Waals surface area contributed by atoms with E-state index < -0.39 is 0 Å². The first-order valence-corrected chi connectivity index (χ1v) is 7.37. The SMILES string of the molecule is COCCN1C[C@H](Cc2ccnc3ccccc23)CC1=O. The van der Waals surface area contributed by atoms with Crippen molar-refractivity contribution >= 4 is 16.8 Å². The number of aromatic nitrogens is 1. The highest BCUT2D eigenvalue weighted by atomic mass is 16.5. The van der Waals surface area contributed by atoms with Crippen LogP contribution in [0.5, 0.6) is 0 Å². The molecule has 0 N–H and O–H groups in total. The number of likely N-dealkylation sites (tertiary alicyclic amines) is 1. The molecule has 0 saturated carbocycles. The number of methoxy groups -OCH3 is 1. The van der Waals surface area contributed by atoms with E-state index in [0.717, 1.165) is 18.5 Å². The molecule has 2 heterocycles. The van der Waals surface area contributed by atoms with Gasteiger partial charge in [0.2, 0.25) is 5.91 Å². The predicted octanol–water partition coefficient (Wildman–Crippen LogP) is 2.27. The van der Waals surface area contributed by atoms with Crippen molar-refractivity contribution in [3.63, 3.8) is 0 Å². The van der Waals surface area contributed by atoms with Crippen molar-refractivity contribution in [1.29, 1.82) is 0 Å². The number of pyridine rings is 1. The van der Waals surface area contributed by atoms with Gasteiger partial charge in [0, 0.05) is 38.2 Å². The maximum atomic E-state index is 12.0. The van der Waals surface area contributed by atoms with E-state index in [1.807, 2.05) is 29.3 Å². The lowest BCUT2D eigenvalue weighted by Crippen LogP contribution is -2.28. The van der Waals surface area contributed by atoms with Crippen LogP contribution in [-0.2, 0) is 16.0 Å². The minimum Gasteiger partial charge on any atom is -0.383 e. The lowest BCUT2D eigenvalue weighted by atomic mass is 9.96. The first-order valence-electron chi connectivity index (χ1n) is 7.37. The standard InChI is InChI=1S/C17H20N2O2/c1-21-9-8-19-12-13(11-17(19)20)10-14-6-7-18-16-5-3-2-4-15(14)16/h2-7,13H,8-12H2,1H3/t13-/m1/s1. The zero-order valence-corrected chi connectivity index (χ0v) is 12.3. The molecule has 2 aromatic rings. The summed E-state index contributed by atoms with van der Waals surface area (Å²) in [5.41, 5.74) is 2.31. The fraction of sp³-hybridized carbons (Fsp3) is 0.412. The molecular formula is C17H20N2O2. The minimum absolute atomic E-state index is 0.246. The molecule has 1 aromatic carbocycles. The monoisotopic (exact) mass is 284 g/mol. The first-order chi connectivity index (χ1) is 10.3. The maximum absolute atomic E-state index is 12.0. The van der Waals surface area contributed by atoms with Crippen LogP contribution in [0.4, 0.5) is 0 Å². The smallest absolute Gasteiger partial charge is 0.223 e. The molecule has 0 aliphatic carbocycles. The number of hydrogen-bond donors (Lipinski definition) is 0. The van der Waals surface area contributed by atoms with Gasteiger partial charge < -0.3 is 9.64 Å². The number of fused-ring (bicyclic) bond motifs is 1. The molecule has 4 nitrogen and oxygen atoms in total. The van der Waals surface area contributed by atoms with Gasteiger partial charge in [-0.2, -0.15) is 0 Å². The minimum atomic E-state index is 0.246. The van der Waals surface area contributed by atoms with Gasteiger partial charge in [-0.1, -0.05) is 18.2 Å². The van der Waals surface area contributed by atoms with Crippen LogP contribution in [0.1, 0.15) is 12.0 Å². The summed E-state index contributed by atoms with van der Waals surface area (Å²) in [7, 11) is 1.67. The van der Waals surface area contributed by atoms with E-state index in [-0.39, 0.29) is 5.91 Å². The van der Waals surface area contributed by atoms with E-state index in [9.17, 15) is 4.79 Å². The summed E-state index contributed by atoms with van der Waals surface area (Å²) in [5, 5.41) is 1.20. The molecule has 1 atom stereocenters. The Bertz CT molecular complexity index is 636. The van der Waals surface area contributed by atoms with Gasteiger partial charge in [0.1, 0.15) is 0 Å². The normalized spacial score (nSPS) is 18.6. The van der Waals surface area contributed by atoms with E-state index in [4.69, 9.17) is 4.74 Å². The molecular weight excluding hydrogens is 264 g/mol. The molecule has 1 aliphatic rings. The number of nitrogens with zero attached hydrogens (tertiary/aromatic N) is 2. The van der Waals surface area contributed by atoms with Gasteiger partial charge in [-0.15, -0.1) is 0 Å². The van der Waals surface area contributed by atoms with Crippen molar-refractivity contribution in [2.24, 2.45) is 5.92 Å². The van der Waals surface area contributed by atoms with Crippen LogP contribution >= 0.6 is 0 Å². The zero-order valence-electron chi connectivity index (χ0n) is 12.3. The highest BCUT2D eigenvalue weighted by Crippen LogP contribution is 2.25. The third-order valence-electron chi connectivity index (χ3n) is 4.11. The Morgan fingerprint density at radius 3 is 3.05 bits per heavy atom. The van der Waals surface area contributed by atoms with E-state index in [1.165, 1.54) is 10.9 Å². The van der Waals surface area contributed by atoms with Crippen molar-refractivity contribution < 1.29 is 9.53 Å². The quantitative estimate of drug-likeness (QED) is 0.846. The van der Waals surface area contributed by atoms with Crippen LogP contribution in [0.2, 0.25) is 0 Å². The third kappa shape index (κ3) is 3.05. The molecule has 0 bridgehead atoms. The van der Waals surface area contributed by atoms with Gasteiger partial charge >= 0.3 is 0 Å². The summed E-state index contributed by atoms with van der Waals surface area (Å²) in [6.07, 6.45) is 3.43. The molecule has 1 saturated heterocycles. The number of hydrogen-bond acceptors (Lipinski definition) is 3. The van der Waals surface area contributed by atoms with Gasteiger partial charge in [0.05, 0.1) is 12.1 Å². The number of rotatable bonds is 5. The predicted molar refractivity (Wildman–Crippen MR) is 82.0 cm³/mol. The number of carbonyl (C=O) groups excluding carboxylic acids is 1. The van der Waals surface area contributed by atoms with Gasteiger partial charge in [-0.25, -0.2) is 0 Å². The lowest BCUT2D eigenvalue weighted by Gasteiger charge is -2.16. The van der Waals surface area contributed by atoms with Crippen LogP contribution in [0.25, 0.3) is 10.9 Å². The molecule has 1 aromatic heterocycles. The van der Waals surface area contributed by atoms with Crippen molar-refractivity contribution in [2.45, 2.75) is 12.8 Å². The summed E-state index contributed by atoms with van der Waals surface area (Å²) in [4.78, 5) is 18.3. The fourth-order valence-electron chi connectivity index (χ4n) is 3.05. The summed E-state index contributed by atoms with van der Waals surface area (Å²) < 4.78 is 5.06. The number of ether oxygens (including phenoxy) is 1. The number of benzene rings is 1. The second kappa shape index (κ2) is 6.22.